The van der Waals surface area contributed by atoms with E-state index in [9.17, 15) is 14.9 Å². The van der Waals surface area contributed by atoms with Crippen LogP contribution in [-0.4, -0.2) is 75.4 Å². The minimum absolute atomic E-state index is 0.105. The van der Waals surface area contributed by atoms with Gasteiger partial charge in [-0.05, 0) is 71.8 Å². The van der Waals surface area contributed by atoms with E-state index in [1.54, 1.807) is 43.7 Å². The molecule has 0 aliphatic heterocycles. The number of nitrogens with zero attached hydrogens (tertiary/aromatic N) is 6. The lowest BCUT2D eigenvalue weighted by atomic mass is 10.0. The molecule has 2 aromatic carbocycles. The molecule has 1 fully saturated rings. The molecule has 2 heterocycles. The Kier molecular flexibility index (Phi) is 9.82. The van der Waals surface area contributed by atoms with Crippen molar-refractivity contribution in [3.05, 3.63) is 63.7 Å². The SMILES string of the molecule is CN(C)CC(C(=O)OC(C)(C)C)c1nn(Cc2nc3cc(C#N)c(OCC4CC4)cc3n2COCCS)c2ccccc2c1=O. The lowest BCUT2D eigenvalue weighted by molar-refractivity contribution is -0.157. The number of benzene rings is 2. The fourth-order valence-electron chi connectivity index (χ4n) is 5.14. The number of carbonyl (C=O) groups is 1. The number of thiol groups is 1. The van der Waals surface area contributed by atoms with Crippen LogP contribution in [0.4, 0.5) is 0 Å². The summed E-state index contributed by atoms with van der Waals surface area (Å²) in [4.78, 5) is 34.0. The number of hydrogen-bond acceptors (Lipinski definition) is 10. The van der Waals surface area contributed by atoms with Crippen molar-refractivity contribution >= 4 is 40.5 Å². The number of nitriles is 1. The number of imidazole rings is 1. The average Bonchev–Trinajstić information content (AvgIpc) is 3.76. The van der Waals surface area contributed by atoms with Crippen molar-refractivity contribution in [1.29, 1.82) is 5.26 Å². The predicted octanol–water partition coefficient (Wildman–Crippen LogP) is 4.35. The molecule has 1 aliphatic carbocycles. The van der Waals surface area contributed by atoms with Gasteiger partial charge in [0.1, 0.15) is 41.6 Å². The molecule has 1 aliphatic rings. The maximum absolute atomic E-state index is 13.8. The smallest absolute Gasteiger partial charge is 0.317 e. The molecule has 0 N–H and O–H groups in total. The van der Waals surface area contributed by atoms with Gasteiger partial charge in [-0.3, -0.25) is 14.3 Å². The van der Waals surface area contributed by atoms with Gasteiger partial charge in [0.05, 0.1) is 41.9 Å². The van der Waals surface area contributed by atoms with Crippen LogP contribution in [0.2, 0.25) is 0 Å². The Morgan fingerprint density at radius 2 is 1.96 bits per heavy atom. The molecular weight excluding hydrogens is 592 g/mol. The zero-order valence-corrected chi connectivity index (χ0v) is 27.3. The summed E-state index contributed by atoms with van der Waals surface area (Å²) in [5.41, 5.74) is 1.42. The summed E-state index contributed by atoms with van der Waals surface area (Å²) in [5.74, 6) is 0.751. The zero-order valence-electron chi connectivity index (χ0n) is 26.4. The third-order valence-electron chi connectivity index (χ3n) is 7.42. The van der Waals surface area contributed by atoms with E-state index < -0.39 is 17.5 Å². The topological polar surface area (TPSA) is 125 Å². The van der Waals surface area contributed by atoms with Crippen LogP contribution in [0.3, 0.4) is 0 Å². The molecule has 4 aromatic rings. The largest absolute Gasteiger partial charge is 0.492 e. The van der Waals surface area contributed by atoms with Crippen LogP contribution in [0.15, 0.2) is 41.2 Å². The van der Waals surface area contributed by atoms with E-state index in [0.29, 0.717) is 58.4 Å². The highest BCUT2D eigenvalue weighted by Gasteiger charge is 2.32. The number of esters is 1. The molecule has 1 unspecified atom stereocenters. The van der Waals surface area contributed by atoms with Crippen molar-refractivity contribution in [1.82, 2.24) is 24.2 Å². The van der Waals surface area contributed by atoms with Gasteiger partial charge in [-0.2, -0.15) is 23.0 Å². The van der Waals surface area contributed by atoms with Gasteiger partial charge in [-0.15, -0.1) is 0 Å². The number of likely N-dealkylation sites (N-methyl/N-ethyl adjacent to an activating group) is 1. The molecule has 11 nitrogen and oxygen atoms in total. The predicted molar refractivity (Wildman–Crippen MR) is 175 cm³/mol. The van der Waals surface area contributed by atoms with Crippen molar-refractivity contribution in [3.8, 4) is 11.8 Å². The molecule has 12 heteroatoms. The van der Waals surface area contributed by atoms with Gasteiger partial charge in [0.25, 0.3) is 0 Å². The van der Waals surface area contributed by atoms with Crippen molar-refractivity contribution in [2.45, 2.75) is 58.4 Å². The monoisotopic (exact) mass is 632 g/mol. The lowest BCUT2D eigenvalue weighted by Gasteiger charge is -2.25. The van der Waals surface area contributed by atoms with Gasteiger partial charge in [0.2, 0.25) is 5.43 Å². The number of aromatic nitrogens is 4. The summed E-state index contributed by atoms with van der Waals surface area (Å²) in [6.45, 7) is 6.97. The highest BCUT2D eigenvalue weighted by atomic mass is 32.1. The van der Waals surface area contributed by atoms with Crippen LogP contribution in [0.5, 0.6) is 5.75 Å². The first-order valence-electron chi connectivity index (χ1n) is 15.1. The number of carbonyl (C=O) groups excluding carboxylic acids is 1. The Morgan fingerprint density at radius 3 is 2.62 bits per heavy atom. The molecule has 0 radical (unpaired) electrons. The van der Waals surface area contributed by atoms with Crippen molar-refractivity contribution in [2.75, 3.05) is 39.6 Å². The van der Waals surface area contributed by atoms with Gasteiger partial charge in [-0.25, -0.2) is 4.98 Å². The molecule has 0 bridgehead atoms. The Morgan fingerprint density at radius 1 is 1.20 bits per heavy atom. The van der Waals surface area contributed by atoms with Crippen LogP contribution >= 0.6 is 12.6 Å². The highest BCUT2D eigenvalue weighted by molar-refractivity contribution is 7.80. The van der Waals surface area contributed by atoms with Gasteiger partial charge in [-0.1, -0.05) is 12.1 Å². The lowest BCUT2D eigenvalue weighted by Crippen LogP contribution is -2.36. The van der Waals surface area contributed by atoms with E-state index in [1.165, 1.54) is 0 Å². The first kappa shape index (κ1) is 32.5. The number of ether oxygens (including phenoxy) is 3. The van der Waals surface area contributed by atoms with Gasteiger partial charge in [0.15, 0.2) is 0 Å². The van der Waals surface area contributed by atoms with Crippen LogP contribution < -0.4 is 10.2 Å². The van der Waals surface area contributed by atoms with Crippen LogP contribution in [0.1, 0.15) is 56.6 Å². The summed E-state index contributed by atoms with van der Waals surface area (Å²) in [6.07, 6.45) is 2.27. The second kappa shape index (κ2) is 13.6. The number of hydrogen-bond donors (Lipinski definition) is 1. The molecule has 238 valence electrons. The van der Waals surface area contributed by atoms with Gasteiger partial charge < -0.3 is 23.7 Å². The minimum atomic E-state index is -0.913. The minimum Gasteiger partial charge on any atom is -0.492 e. The summed E-state index contributed by atoms with van der Waals surface area (Å²) in [6, 6.07) is 13.0. The Labute approximate surface area is 268 Å². The van der Waals surface area contributed by atoms with E-state index in [0.717, 1.165) is 18.4 Å². The molecule has 0 saturated heterocycles. The molecule has 2 aromatic heterocycles. The summed E-state index contributed by atoms with van der Waals surface area (Å²) < 4.78 is 21.3. The molecular formula is C33H40N6O5S. The van der Waals surface area contributed by atoms with Crippen molar-refractivity contribution < 1.29 is 19.0 Å². The molecule has 0 spiro atoms. The first-order valence-corrected chi connectivity index (χ1v) is 15.7. The number of fused-ring (bicyclic) bond motifs is 2. The van der Waals surface area contributed by atoms with Crippen LogP contribution in [-0.2, 0) is 27.5 Å². The average molecular weight is 633 g/mol. The summed E-state index contributed by atoms with van der Waals surface area (Å²) in [7, 11) is 3.67. The third kappa shape index (κ3) is 7.66. The fraction of sp³-hybridized carbons (Fsp3) is 0.485. The quantitative estimate of drug-likeness (QED) is 0.130. The van der Waals surface area contributed by atoms with E-state index in [1.807, 2.05) is 41.8 Å². The molecule has 45 heavy (non-hydrogen) atoms. The number of rotatable bonds is 13. The number of para-hydroxylation sites is 1. The van der Waals surface area contributed by atoms with Crippen LogP contribution in [0.25, 0.3) is 21.9 Å². The Hall–Kier alpha value is -3.92. The molecule has 1 atom stereocenters. The molecule has 0 amide bonds. The zero-order chi connectivity index (χ0) is 32.3. The highest BCUT2D eigenvalue weighted by Crippen LogP contribution is 2.32. The fourth-order valence-corrected chi connectivity index (χ4v) is 5.27. The van der Waals surface area contributed by atoms with Gasteiger partial charge >= 0.3 is 5.97 Å². The maximum atomic E-state index is 13.8. The molecule has 1 saturated carbocycles. The van der Waals surface area contributed by atoms with Gasteiger partial charge in [0, 0.05) is 23.8 Å². The van der Waals surface area contributed by atoms with Crippen molar-refractivity contribution in [2.24, 2.45) is 5.92 Å². The second-order valence-corrected chi connectivity index (χ2v) is 13.1. The van der Waals surface area contributed by atoms with Crippen molar-refractivity contribution in [3.63, 3.8) is 0 Å². The van der Waals surface area contributed by atoms with E-state index >= 15 is 0 Å². The van der Waals surface area contributed by atoms with E-state index in [2.05, 4.69) is 18.7 Å². The molecule has 5 rings (SSSR count). The first-order chi connectivity index (χ1) is 21.5. The third-order valence-corrected chi connectivity index (χ3v) is 7.61. The maximum Gasteiger partial charge on any atom is 0.317 e. The summed E-state index contributed by atoms with van der Waals surface area (Å²) in [5, 5.41) is 15.1. The second-order valence-electron chi connectivity index (χ2n) is 12.7. The van der Waals surface area contributed by atoms with E-state index in [-0.39, 0.29) is 30.9 Å². The standard InChI is InChI=1S/C33H40N6O5S/c1-33(2,3)44-32(41)24(17-37(4)5)30-31(40)23-8-6-7-9-26(23)39(36-30)18-29-35-25-14-22(16-34)28(43-19-21-10-11-21)15-27(25)38(29)20-42-12-13-45/h6-9,14-15,21,24,45H,10-13,17-20H2,1-5H3. The Balaban J connectivity index is 1.63. The normalized spacial score (nSPS) is 14.2. The Bertz CT molecular complexity index is 1800. The van der Waals surface area contributed by atoms with E-state index in [4.69, 9.17) is 24.3 Å². The van der Waals surface area contributed by atoms with Crippen LogP contribution in [0, 0.1) is 17.2 Å². The summed E-state index contributed by atoms with van der Waals surface area (Å²) >= 11 is 4.28.